The summed E-state index contributed by atoms with van der Waals surface area (Å²) in [6.45, 7) is 3.68. The van der Waals surface area contributed by atoms with E-state index in [4.69, 9.17) is 14.2 Å². The Morgan fingerprint density at radius 2 is 1.79 bits per heavy atom. The monoisotopic (exact) mass is 463 g/mol. The maximum Gasteiger partial charge on any atom is 0.282 e. The molecule has 0 saturated carbocycles. The molecule has 1 unspecified atom stereocenters. The molecule has 0 heterocycles. The highest BCUT2D eigenvalue weighted by atomic mass is 16.6. The van der Waals surface area contributed by atoms with Gasteiger partial charge < -0.3 is 14.2 Å². The number of amides is 1. The second-order valence-electron chi connectivity index (χ2n) is 7.35. The number of benzene rings is 3. The lowest BCUT2D eigenvalue weighted by Gasteiger charge is -2.14. The zero-order valence-corrected chi connectivity index (χ0v) is 19.1. The molecule has 0 saturated heterocycles. The van der Waals surface area contributed by atoms with Crippen LogP contribution in [0.15, 0.2) is 71.8 Å². The highest BCUT2D eigenvalue weighted by molar-refractivity contribution is 5.88. The number of hydrazone groups is 1. The van der Waals surface area contributed by atoms with Crippen LogP contribution in [0.25, 0.3) is 0 Å². The van der Waals surface area contributed by atoms with Crippen molar-refractivity contribution in [1.82, 2.24) is 5.43 Å². The third kappa shape index (κ3) is 6.32. The van der Waals surface area contributed by atoms with Gasteiger partial charge in [-0.2, -0.15) is 5.10 Å². The fourth-order valence-electron chi connectivity index (χ4n) is 3.02. The molecular weight excluding hydrogens is 438 g/mol. The molecular formula is C25H25N3O6. The summed E-state index contributed by atoms with van der Waals surface area (Å²) in [4.78, 5) is 23.4. The summed E-state index contributed by atoms with van der Waals surface area (Å²) in [6, 6.07) is 19.4. The van der Waals surface area contributed by atoms with Crippen molar-refractivity contribution < 1.29 is 23.9 Å². The van der Waals surface area contributed by atoms with E-state index in [-0.39, 0.29) is 23.6 Å². The van der Waals surface area contributed by atoms with Crippen molar-refractivity contribution in [3.63, 3.8) is 0 Å². The Hall–Kier alpha value is -4.40. The summed E-state index contributed by atoms with van der Waals surface area (Å²) in [6.07, 6.45) is 0.358. The predicted molar refractivity (Wildman–Crippen MR) is 127 cm³/mol. The van der Waals surface area contributed by atoms with E-state index in [2.05, 4.69) is 10.5 Å². The first kappa shape index (κ1) is 24.2. The van der Waals surface area contributed by atoms with E-state index < -0.39 is 16.9 Å². The first-order valence-corrected chi connectivity index (χ1v) is 10.5. The number of methoxy groups -OCH3 is 1. The lowest BCUT2D eigenvalue weighted by atomic mass is 10.1. The third-order valence-electron chi connectivity index (χ3n) is 4.89. The molecule has 9 heteroatoms. The second kappa shape index (κ2) is 11.5. The van der Waals surface area contributed by atoms with Gasteiger partial charge in [-0.3, -0.25) is 14.9 Å². The second-order valence-corrected chi connectivity index (χ2v) is 7.35. The molecule has 0 fully saturated rings. The Morgan fingerprint density at radius 3 is 2.47 bits per heavy atom. The minimum absolute atomic E-state index is 0.140. The molecule has 0 bridgehead atoms. The van der Waals surface area contributed by atoms with Gasteiger partial charge in [0.25, 0.3) is 11.6 Å². The molecule has 3 rings (SSSR count). The van der Waals surface area contributed by atoms with Crippen molar-refractivity contribution in [3.8, 4) is 17.2 Å². The molecule has 0 spiro atoms. The van der Waals surface area contributed by atoms with Gasteiger partial charge in [-0.25, -0.2) is 5.43 Å². The molecule has 0 aliphatic carbocycles. The van der Waals surface area contributed by atoms with Gasteiger partial charge in [0.15, 0.2) is 17.6 Å². The molecule has 176 valence electrons. The van der Waals surface area contributed by atoms with Crippen molar-refractivity contribution in [3.05, 3.63) is 93.5 Å². The number of nitro groups is 1. The molecule has 1 N–H and O–H groups in total. The lowest BCUT2D eigenvalue weighted by Crippen LogP contribution is -2.33. The van der Waals surface area contributed by atoms with Crippen LogP contribution in [0, 0.1) is 17.0 Å². The average Bonchev–Trinajstić information content (AvgIpc) is 2.84. The summed E-state index contributed by atoms with van der Waals surface area (Å²) < 4.78 is 16.7. The van der Waals surface area contributed by atoms with Crippen LogP contribution in [0.4, 0.5) is 5.69 Å². The standard InChI is InChI=1S/C25H25N3O6/c1-17-9-7-8-12-22(17)34-18(2)25(29)27-26-15-20-13-23(32-3)24(14-21(20)28(30)31)33-16-19-10-5-4-6-11-19/h4-15,18H,16H2,1-3H3,(H,27,29)/b26-15+. The van der Waals surface area contributed by atoms with Crippen LogP contribution in [0.5, 0.6) is 17.2 Å². The third-order valence-corrected chi connectivity index (χ3v) is 4.89. The van der Waals surface area contributed by atoms with Gasteiger partial charge in [0.2, 0.25) is 0 Å². The lowest BCUT2D eigenvalue weighted by molar-refractivity contribution is -0.385. The Morgan fingerprint density at radius 1 is 1.09 bits per heavy atom. The SMILES string of the molecule is COc1cc(/C=N/NC(=O)C(C)Oc2ccccc2C)c([N+](=O)[O-])cc1OCc1ccccc1. The molecule has 34 heavy (non-hydrogen) atoms. The van der Waals surface area contributed by atoms with Crippen molar-refractivity contribution in [2.24, 2.45) is 5.10 Å². The Labute approximate surface area is 197 Å². The van der Waals surface area contributed by atoms with Crippen LogP contribution in [-0.2, 0) is 11.4 Å². The number of hydrogen-bond donors (Lipinski definition) is 1. The summed E-state index contributed by atoms with van der Waals surface area (Å²) in [7, 11) is 1.43. The van der Waals surface area contributed by atoms with E-state index in [1.807, 2.05) is 55.5 Å². The van der Waals surface area contributed by atoms with E-state index in [0.29, 0.717) is 11.5 Å². The number of rotatable bonds is 10. The smallest absolute Gasteiger partial charge is 0.282 e. The minimum atomic E-state index is -0.823. The van der Waals surface area contributed by atoms with Crippen LogP contribution in [0.1, 0.15) is 23.6 Å². The van der Waals surface area contributed by atoms with Crippen molar-refractivity contribution >= 4 is 17.8 Å². The largest absolute Gasteiger partial charge is 0.493 e. The first-order chi connectivity index (χ1) is 16.4. The quantitative estimate of drug-likeness (QED) is 0.271. The van der Waals surface area contributed by atoms with Gasteiger partial charge in [-0.15, -0.1) is 0 Å². The van der Waals surface area contributed by atoms with E-state index in [1.165, 1.54) is 25.5 Å². The Bertz CT molecular complexity index is 1180. The molecule has 0 aliphatic heterocycles. The number of nitrogens with zero attached hydrogens (tertiary/aromatic N) is 2. The van der Waals surface area contributed by atoms with Crippen LogP contribution in [0.3, 0.4) is 0 Å². The molecule has 0 aromatic heterocycles. The van der Waals surface area contributed by atoms with Gasteiger partial charge in [-0.1, -0.05) is 48.5 Å². The zero-order chi connectivity index (χ0) is 24.5. The van der Waals surface area contributed by atoms with Gasteiger partial charge in [0.05, 0.1) is 29.9 Å². The Balaban J connectivity index is 1.71. The maximum atomic E-state index is 12.3. The number of aryl methyl sites for hydroxylation is 1. The van der Waals surface area contributed by atoms with Crippen LogP contribution >= 0.6 is 0 Å². The number of ether oxygens (including phenoxy) is 3. The molecule has 9 nitrogen and oxygen atoms in total. The Kier molecular flexibility index (Phi) is 8.17. The van der Waals surface area contributed by atoms with Crippen molar-refractivity contribution in [2.75, 3.05) is 7.11 Å². The summed E-state index contributed by atoms with van der Waals surface area (Å²) in [5.41, 5.74) is 4.04. The number of hydrogen-bond acceptors (Lipinski definition) is 7. The van der Waals surface area contributed by atoms with Crippen molar-refractivity contribution in [2.45, 2.75) is 26.6 Å². The molecule has 3 aromatic carbocycles. The highest BCUT2D eigenvalue weighted by Crippen LogP contribution is 2.34. The van der Waals surface area contributed by atoms with E-state index >= 15 is 0 Å². The van der Waals surface area contributed by atoms with E-state index in [9.17, 15) is 14.9 Å². The van der Waals surface area contributed by atoms with Crippen LogP contribution in [0.2, 0.25) is 0 Å². The van der Waals surface area contributed by atoms with Gasteiger partial charge in [-0.05, 0) is 37.1 Å². The van der Waals surface area contributed by atoms with Gasteiger partial charge >= 0.3 is 0 Å². The molecule has 1 amide bonds. The number of para-hydroxylation sites is 1. The summed E-state index contributed by atoms with van der Waals surface area (Å²) in [5.74, 6) is 0.600. The van der Waals surface area contributed by atoms with Gasteiger partial charge in [0.1, 0.15) is 12.4 Å². The highest BCUT2D eigenvalue weighted by Gasteiger charge is 2.20. The number of nitro benzene ring substituents is 1. The first-order valence-electron chi connectivity index (χ1n) is 10.5. The van der Waals surface area contributed by atoms with E-state index in [0.717, 1.165) is 11.1 Å². The van der Waals surface area contributed by atoms with E-state index in [1.54, 1.807) is 13.0 Å². The number of nitrogens with one attached hydrogen (secondary N) is 1. The van der Waals surface area contributed by atoms with Crippen LogP contribution in [-0.4, -0.2) is 30.3 Å². The molecule has 0 radical (unpaired) electrons. The summed E-state index contributed by atoms with van der Waals surface area (Å²) >= 11 is 0. The molecule has 0 aliphatic rings. The minimum Gasteiger partial charge on any atom is -0.493 e. The fraction of sp³-hybridized carbons (Fsp3) is 0.200. The van der Waals surface area contributed by atoms with Gasteiger partial charge in [0, 0.05) is 0 Å². The maximum absolute atomic E-state index is 12.3. The predicted octanol–water partition coefficient (Wildman–Crippen LogP) is 4.41. The van der Waals surface area contributed by atoms with Crippen LogP contribution < -0.4 is 19.6 Å². The van der Waals surface area contributed by atoms with Crippen molar-refractivity contribution in [1.29, 1.82) is 0 Å². The normalized spacial score (nSPS) is 11.6. The average molecular weight is 463 g/mol. The molecule has 3 aromatic rings. The summed E-state index contributed by atoms with van der Waals surface area (Å²) in [5, 5.41) is 15.5. The fourth-order valence-corrected chi connectivity index (χ4v) is 3.02. The topological polar surface area (TPSA) is 112 Å². The number of carbonyl (C=O) groups excluding carboxylic acids is 1. The molecule has 1 atom stereocenters. The zero-order valence-electron chi connectivity index (χ0n) is 19.1. The number of carbonyl (C=O) groups is 1.